The van der Waals surface area contributed by atoms with E-state index in [1.165, 1.54) is 26.2 Å². The van der Waals surface area contributed by atoms with Crippen LogP contribution in [-0.2, 0) is 52.3 Å². The third kappa shape index (κ3) is 8.01. The minimum atomic E-state index is -2.34. The molecule has 1 amide bonds. The number of Topliss-reactive ketones (excluding diaryl/α,β-unsaturated/α-hetero) is 1. The minimum Gasteiger partial charge on any atom is -0.456 e. The van der Waals surface area contributed by atoms with Crippen LogP contribution in [0.4, 0.5) is 4.79 Å². The Bertz CT molecular complexity index is 2110. The van der Waals surface area contributed by atoms with Crippen molar-refractivity contribution in [2.45, 2.75) is 135 Å². The van der Waals surface area contributed by atoms with Gasteiger partial charge in [0, 0.05) is 39.2 Å². The Morgan fingerprint density at radius 3 is 2.05 bits per heavy atom. The Morgan fingerprint density at radius 2 is 1.52 bits per heavy atom. The highest BCUT2D eigenvalue weighted by molar-refractivity contribution is 5.95. The molecule has 1 aliphatic heterocycles. The molecule has 0 aromatic heterocycles. The second kappa shape index (κ2) is 16.8. The van der Waals surface area contributed by atoms with E-state index < -0.39 is 118 Å². The number of carbonyl (C=O) groups excluding carboxylic acids is 6. The zero-order chi connectivity index (χ0) is 45.7. The summed E-state index contributed by atoms with van der Waals surface area (Å²) in [6.45, 7) is 13.3. The van der Waals surface area contributed by atoms with Crippen LogP contribution < -0.4 is 5.32 Å². The van der Waals surface area contributed by atoms with Crippen LogP contribution >= 0.6 is 0 Å². The Kier molecular flexibility index (Phi) is 12.6. The summed E-state index contributed by atoms with van der Waals surface area (Å²) < 4.78 is 42.1. The van der Waals surface area contributed by atoms with Crippen LogP contribution in [0.3, 0.4) is 0 Å². The molecule has 3 fully saturated rings. The largest absolute Gasteiger partial charge is 0.456 e. The molecule has 16 heteroatoms. The molecule has 6 rings (SSSR count). The van der Waals surface area contributed by atoms with Crippen molar-refractivity contribution in [2.24, 2.45) is 16.7 Å². The van der Waals surface area contributed by atoms with Gasteiger partial charge in [-0.2, -0.15) is 0 Å². The Morgan fingerprint density at radius 1 is 0.903 bits per heavy atom. The van der Waals surface area contributed by atoms with Gasteiger partial charge in [0.1, 0.15) is 29.5 Å². The van der Waals surface area contributed by atoms with E-state index in [4.69, 9.17) is 33.2 Å². The fourth-order valence-electron chi connectivity index (χ4n) is 10.1. The van der Waals surface area contributed by atoms with E-state index >= 15 is 4.79 Å². The van der Waals surface area contributed by atoms with Gasteiger partial charge < -0.3 is 48.7 Å². The van der Waals surface area contributed by atoms with Gasteiger partial charge in [0.2, 0.25) is 0 Å². The van der Waals surface area contributed by atoms with Crippen molar-refractivity contribution in [3.63, 3.8) is 0 Å². The average Bonchev–Trinajstić information content (AvgIpc) is 3.19. The number of aliphatic hydroxyl groups is 2. The van der Waals surface area contributed by atoms with E-state index in [0.29, 0.717) is 5.56 Å². The minimum absolute atomic E-state index is 0.0343. The Hall–Kier alpha value is -5.16. The van der Waals surface area contributed by atoms with Crippen molar-refractivity contribution in [3.05, 3.63) is 82.9 Å². The third-order valence-electron chi connectivity index (χ3n) is 13.1. The molecule has 11 atom stereocenters. The zero-order valence-electron chi connectivity index (χ0n) is 36.7. The molecule has 16 nitrogen and oxygen atoms in total. The quantitative estimate of drug-likeness (QED) is 0.170. The van der Waals surface area contributed by atoms with Crippen molar-refractivity contribution in [2.75, 3.05) is 13.7 Å². The number of hydrogen-bond donors (Lipinski definition) is 3. The summed E-state index contributed by atoms with van der Waals surface area (Å²) in [4.78, 5) is 83.5. The first-order valence-electron chi connectivity index (χ1n) is 20.6. The van der Waals surface area contributed by atoms with Crippen molar-refractivity contribution >= 4 is 35.8 Å². The second-order valence-corrected chi connectivity index (χ2v) is 18.4. The lowest BCUT2D eigenvalue weighted by atomic mass is 9.44. The first kappa shape index (κ1) is 46.3. The predicted molar refractivity (Wildman–Crippen MR) is 218 cm³/mol. The second-order valence-electron chi connectivity index (χ2n) is 18.4. The first-order chi connectivity index (χ1) is 28.9. The summed E-state index contributed by atoms with van der Waals surface area (Å²) in [5, 5.41) is 28.0. The number of carbonyl (C=O) groups is 6. The molecule has 3 N–H and O–H groups in total. The number of alkyl carbamates (subject to hydrolysis) is 1. The maximum absolute atomic E-state index is 15.7. The van der Waals surface area contributed by atoms with Crippen LogP contribution in [0.1, 0.15) is 97.1 Å². The number of amides is 1. The molecule has 62 heavy (non-hydrogen) atoms. The van der Waals surface area contributed by atoms with E-state index in [1.807, 2.05) is 0 Å². The first-order valence-corrected chi connectivity index (χ1v) is 20.6. The van der Waals surface area contributed by atoms with Gasteiger partial charge in [-0.15, -0.1) is 0 Å². The van der Waals surface area contributed by atoms with Crippen LogP contribution in [0, 0.1) is 16.7 Å². The summed E-state index contributed by atoms with van der Waals surface area (Å²) in [6.07, 6.45) is -10.3. The molecule has 1 saturated heterocycles. The molecule has 0 radical (unpaired) electrons. The summed E-state index contributed by atoms with van der Waals surface area (Å²) in [5.74, 6) is -5.87. The van der Waals surface area contributed by atoms with Gasteiger partial charge in [0.25, 0.3) is 0 Å². The van der Waals surface area contributed by atoms with Gasteiger partial charge in [-0.25, -0.2) is 14.4 Å². The number of hydrogen-bond acceptors (Lipinski definition) is 15. The van der Waals surface area contributed by atoms with Gasteiger partial charge in [-0.3, -0.25) is 14.4 Å². The molecule has 4 aliphatic rings. The van der Waals surface area contributed by atoms with Crippen LogP contribution in [0.15, 0.2) is 71.8 Å². The molecule has 3 aliphatic carbocycles. The Balaban J connectivity index is 1.55. The third-order valence-corrected chi connectivity index (χ3v) is 13.1. The highest BCUT2D eigenvalue weighted by Crippen LogP contribution is 2.65. The highest BCUT2D eigenvalue weighted by atomic mass is 16.6. The van der Waals surface area contributed by atoms with E-state index in [2.05, 4.69) is 5.32 Å². The molecule has 336 valence electrons. The average molecular weight is 864 g/mol. The fraction of sp³-hybridized carbons (Fsp3) is 0.565. The highest BCUT2D eigenvalue weighted by Gasteiger charge is 2.78. The van der Waals surface area contributed by atoms with E-state index in [9.17, 15) is 34.2 Å². The SMILES string of the molecule is CO[C@H]1C[C@H]2OC[C@@]2(OC(C)=O)[C@H]2[C@H](OC(=O)c3ccccc3)[C@]3(O)C[C@H](OC(=O)[C@H](O)[C@@H](NC(=O)OC(C)(C)C)c4ccccc4)C(C)=C([C@@H](OC(C)=O)C(=O)[C@]12C)C3(C)C. The number of benzene rings is 2. The number of aliphatic hydroxyl groups excluding tert-OH is 1. The fourth-order valence-corrected chi connectivity index (χ4v) is 10.1. The number of ketones is 1. The molecular weight excluding hydrogens is 806 g/mol. The summed E-state index contributed by atoms with van der Waals surface area (Å²) >= 11 is 0. The van der Waals surface area contributed by atoms with Gasteiger partial charge in [-0.1, -0.05) is 62.4 Å². The smallest absolute Gasteiger partial charge is 0.408 e. The van der Waals surface area contributed by atoms with E-state index in [1.54, 1.807) is 97.0 Å². The normalized spacial score (nSPS) is 32.2. The lowest BCUT2D eigenvalue weighted by Gasteiger charge is -2.67. The molecule has 2 bridgehead atoms. The van der Waals surface area contributed by atoms with Gasteiger partial charge in [0.15, 0.2) is 23.6 Å². The molecule has 2 aromatic rings. The number of esters is 4. The summed E-state index contributed by atoms with van der Waals surface area (Å²) in [5.41, 5.74) is -7.73. The number of ether oxygens (including phenoxy) is 7. The predicted octanol–water partition coefficient (Wildman–Crippen LogP) is 4.48. The maximum Gasteiger partial charge on any atom is 0.408 e. The van der Waals surface area contributed by atoms with Gasteiger partial charge in [0.05, 0.1) is 35.6 Å². The zero-order valence-corrected chi connectivity index (χ0v) is 36.7. The van der Waals surface area contributed by atoms with Crippen LogP contribution in [0.5, 0.6) is 0 Å². The van der Waals surface area contributed by atoms with Crippen LogP contribution in [-0.4, -0.2) is 113 Å². The monoisotopic (exact) mass is 863 g/mol. The number of fused-ring (bicyclic) bond motifs is 5. The van der Waals surface area contributed by atoms with Crippen molar-refractivity contribution < 1.29 is 72.1 Å². The number of nitrogens with one attached hydrogen (secondary N) is 1. The summed E-state index contributed by atoms with van der Waals surface area (Å²) in [7, 11) is 1.38. The molecule has 1 heterocycles. The molecular formula is C46H57NO15. The van der Waals surface area contributed by atoms with Crippen LogP contribution in [0.25, 0.3) is 0 Å². The van der Waals surface area contributed by atoms with Crippen LogP contribution in [0.2, 0.25) is 0 Å². The van der Waals surface area contributed by atoms with Gasteiger partial charge >= 0.3 is 30.0 Å². The molecule has 0 unspecified atom stereocenters. The molecule has 2 saturated carbocycles. The lowest BCUT2D eigenvalue weighted by Crippen LogP contribution is -2.82. The molecule has 0 spiro atoms. The summed E-state index contributed by atoms with van der Waals surface area (Å²) in [6, 6.07) is 14.7. The topological polar surface area (TPSA) is 220 Å². The van der Waals surface area contributed by atoms with E-state index in [0.717, 1.165) is 6.92 Å². The number of methoxy groups -OCH3 is 1. The van der Waals surface area contributed by atoms with Crippen molar-refractivity contribution in [3.8, 4) is 0 Å². The van der Waals surface area contributed by atoms with Gasteiger partial charge in [-0.05, 0) is 63.5 Å². The van der Waals surface area contributed by atoms with Crippen molar-refractivity contribution in [1.82, 2.24) is 5.32 Å². The maximum atomic E-state index is 15.7. The number of rotatable bonds is 10. The molecule has 2 aromatic carbocycles. The lowest BCUT2D eigenvalue weighted by molar-refractivity contribution is -0.347. The Labute approximate surface area is 360 Å². The van der Waals surface area contributed by atoms with E-state index in [-0.39, 0.29) is 29.7 Å². The standard InChI is InChI=1S/C46H57NO15/c1-24-29(59-40(53)34(50)33(27-17-13-11-14-18-27)47-41(54)62-42(4,5)6)22-46(55)38(60-39(52)28-19-15-12-16-20-28)36-44(9,37(51)35(58-25(2)48)32(24)43(46,7)8)30(56-10)21-31-45(36,23-57-31)61-26(3)49/h11-20,29-31,33-36,38,50,55H,21-23H2,1-10H3,(H,47,54)/t29-,30-,31+,33-,34+,35+,36-,38-,44+,45-,46+/m0/s1. The van der Waals surface area contributed by atoms with Crippen molar-refractivity contribution in [1.29, 1.82) is 0 Å².